The molecule has 1 unspecified atom stereocenters. The number of nitrogens with two attached hydrogens (primary N) is 1. The quantitative estimate of drug-likeness (QED) is 0.271. The summed E-state index contributed by atoms with van der Waals surface area (Å²) in [7, 11) is 3.26. The smallest absolute Gasteiger partial charge is 0.188 e. The lowest BCUT2D eigenvalue weighted by Gasteiger charge is -2.26. The number of ether oxygens (including phenoxy) is 2. The summed E-state index contributed by atoms with van der Waals surface area (Å²) in [5.74, 6) is 2.79. The highest BCUT2D eigenvalue weighted by atomic mass is 127. The number of benzene rings is 1. The van der Waals surface area contributed by atoms with Gasteiger partial charge in [0.2, 0.25) is 0 Å². The van der Waals surface area contributed by atoms with E-state index in [2.05, 4.69) is 29.1 Å². The van der Waals surface area contributed by atoms with Crippen molar-refractivity contribution in [3.05, 3.63) is 47.9 Å². The molecular weight excluding hydrogens is 483 g/mol. The summed E-state index contributed by atoms with van der Waals surface area (Å²) in [6, 6.07) is 9.87. The van der Waals surface area contributed by atoms with Gasteiger partial charge in [-0.05, 0) is 49.3 Å². The molecule has 0 saturated heterocycles. The van der Waals surface area contributed by atoms with E-state index >= 15 is 0 Å². The zero-order valence-electron chi connectivity index (χ0n) is 17.7. The van der Waals surface area contributed by atoms with Gasteiger partial charge in [-0.1, -0.05) is 19.9 Å². The van der Waals surface area contributed by atoms with Crippen LogP contribution in [0.5, 0.6) is 11.5 Å². The summed E-state index contributed by atoms with van der Waals surface area (Å²) in [5, 5.41) is 3.18. The second-order valence-electron chi connectivity index (χ2n) is 6.34. The summed E-state index contributed by atoms with van der Waals surface area (Å²) < 4.78 is 16.2. The van der Waals surface area contributed by atoms with Crippen molar-refractivity contribution >= 4 is 29.9 Å². The van der Waals surface area contributed by atoms with E-state index in [9.17, 15) is 0 Å². The van der Waals surface area contributed by atoms with Crippen molar-refractivity contribution in [2.75, 3.05) is 40.4 Å². The number of halogens is 1. The average Bonchev–Trinajstić information content (AvgIpc) is 3.25. The molecule has 162 valence electrons. The Kier molecular flexibility index (Phi) is 11.5. The standard InChI is InChI=1S/C21H32N4O3.HI/c1-5-25(6-2)17(18-8-7-13-28-18)15-24-21(22)23-12-11-16-9-10-19(26-3)20(14-16)27-4;/h7-10,13-14,17H,5-6,11-12,15H2,1-4H3,(H3,22,23,24);1H. The predicted octanol–water partition coefficient (Wildman–Crippen LogP) is 3.44. The zero-order chi connectivity index (χ0) is 20.4. The van der Waals surface area contributed by atoms with Gasteiger partial charge in [-0.2, -0.15) is 0 Å². The highest BCUT2D eigenvalue weighted by Gasteiger charge is 2.20. The van der Waals surface area contributed by atoms with E-state index in [1.165, 1.54) is 0 Å². The van der Waals surface area contributed by atoms with Crippen LogP contribution in [0.1, 0.15) is 31.2 Å². The van der Waals surface area contributed by atoms with Crippen LogP contribution in [0.15, 0.2) is 46.0 Å². The van der Waals surface area contributed by atoms with Crippen LogP contribution in [0.2, 0.25) is 0 Å². The van der Waals surface area contributed by atoms with E-state index < -0.39 is 0 Å². The van der Waals surface area contributed by atoms with Gasteiger partial charge >= 0.3 is 0 Å². The monoisotopic (exact) mass is 516 g/mol. The van der Waals surface area contributed by atoms with E-state index in [0.29, 0.717) is 19.0 Å². The minimum absolute atomic E-state index is 0. The fraction of sp³-hybridized carbons (Fsp3) is 0.476. The van der Waals surface area contributed by atoms with Crippen molar-refractivity contribution in [2.45, 2.75) is 26.3 Å². The lowest BCUT2D eigenvalue weighted by atomic mass is 10.1. The molecule has 0 aliphatic heterocycles. The first kappa shape index (κ1) is 25.1. The Morgan fingerprint density at radius 1 is 1.17 bits per heavy atom. The van der Waals surface area contributed by atoms with Crippen molar-refractivity contribution in [3.63, 3.8) is 0 Å². The lowest BCUT2D eigenvalue weighted by Crippen LogP contribution is -2.35. The van der Waals surface area contributed by atoms with Crippen molar-refractivity contribution < 1.29 is 13.9 Å². The fourth-order valence-corrected chi connectivity index (χ4v) is 3.14. The van der Waals surface area contributed by atoms with Gasteiger partial charge < -0.3 is 24.9 Å². The number of hydrogen-bond donors (Lipinski definition) is 2. The molecule has 0 bridgehead atoms. The summed E-state index contributed by atoms with van der Waals surface area (Å²) >= 11 is 0. The van der Waals surface area contributed by atoms with Crippen LogP contribution in [-0.2, 0) is 6.42 Å². The van der Waals surface area contributed by atoms with Gasteiger partial charge in [0.05, 0.1) is 33.1 Å². The van der Waals surface area contributed by atoms with Gasteiger partial charge in [0.25, 0.3) is 0 Å². The largest absolute Gasteiger partial charge is 0.493 e. The first-order valence-electron chi connectivity index (χ1n) is 9.65. The van der Waals surface area contributed by atoms with Crippen molar-refractivity contribution in [2.24, 2.45) is 10.7 Å². The van der Waals surface area contributed by atoms with Crippen molar-refractivity contribution in [1.82, 2.24) is 10.2 Å². The summed E-state index contributed by atoms with van der Waals surface area (Å²) in [6.45, 7) is 7.34. The Bertz CT molecular complexity index is 734. The summed E-state index contributed by atoms with van der Waals surface area (Å²) in [4.78, 5) is 6.83. The maximum absolute atomic E-state index is 6.07. The normalized spacial score (nSPS) is 12.4. The van der Waals surface area contributed by atoms with Crippen LogP contribution in [0, 0.1) is 0 Å². The maximum atomic E-state index is 6.07. The van der Waals surface area contributed by atoms with Crippen LogP contribution in [0.25, 0.3) is 0 Å². The van der Waals surface area contributed by atoms with E-state index in [0.717, 1.165) is 42.3 Å². The first-order valence-corrected chi connectivity index (χ1v) is 9.65. The van der Waals surface area contributed by atoms with Gasteiger partial charge in [0.15, 0.2) is 17.5 Å². The average molecular weight is 516 g/mol. The van der Waals surface area contributed by atoms with E-state index in [1.807, 2.05) is 30.3 Å². The number of furan rings is 1. The third-order valence-corrected chi connectivity index (χ3v) is 4.73. The topological polar surface area (TPSA) is 85.2 Å². The van der Waals surface area contributed by atoms with Crippen LogP contribution in [-0.4, -0.2) is 51.3 Å². The Labute approximate surface area is 190 Å². The predicted molar refractivity (Wildman–Crippen MR) is 128 cm³/mol. The highest BCUT2D eigenvalue weighted by molar-refractivity contribution is 14.0. The van der Waals surface area contributed by atoms with Gasteiger partial charge in [-0.15, -0.1) is 24.0 Å². The van der Waals surface area contributed by atoms with Gasteiger partial charge in [0, 0.05) is 6.54 Å². The molecular formula is C21H33IN4O3. The molecule has 1 aromatic carbocycles. The molecule has 0 aliphatic rings. The molecule has 3 N–H and O–H groups in total. The molecule has 0 radical (unpaired) electrons. The van der Waals surface area contributed by atoms with Crippen molar-refractivity contribution in [3.8, 4) is 11.5 Å². The molecule has 1 heterocycles. The number of hydrogen-bond acceptors (Lipinski definition) is 5. The Hall–Kier alpha value is -1.94. The second-order valence-corrected chi connectivity index (χ2v) is 6.34. The Morgan fingerprint density at radius 3 is 2.48 bits per heavy atom. The Balaban J connectivity index is 0.00000420. The molecule has 8 heteroatoms. The second kappa shape index (κ2) is 13.3. The lowest BCUT2D eigenvalue weighted by molar-refractivity contribution is 0.198. The molecule has 2 rings (SSSR count). The van der Waals surface area contributed by atoms with Crippen molar-refractivity contribution in [1.29, 1.82) is 0 Å². The molecule has 1 atom stereocenters. The molecule has 1 aromatic heterocycles. The summed E-state index contributed by atoms with van der Waals surface area (Å²) in [6.07, 6.45) is 2.49. The van der Waals surface area contributed by atoms with Gasteiger partial charge in [0.1, 0.15) is 5.76 Å². The third kappa shape index (κ3) is 7.43. The number of likely N-dealkylation sites (N-methyl/N-ethyl adjacent to an activating group) is 1. The minimum Gasteiger partial charge on any atom is -0.493 e. The van der Waals surface area contributed by atoms with Crippen LogP contribution in [0.4, 0.5) is 0 Å². The molecule has 29 heavy (non-hydrogen) atoms. The van der Waals surface area contributed by atoms with Crippen LogP contribution >= 0.6 is 24.0 Å². The van der Waals surface area contributed by atoms with Gasteiger partial charge in [-0.25, -0.2) is 0 Å². The first-order chi connectivity index (χ1) is 13.6. The van der Waals surface area contributed by atoms with E-state index in [4.69, 9.17) is 19.6 Å². The van der Waals surface area contributed by atoms with E-state index in [-0.39, 0.29) is 30.0 Å². The number of guanidine groups is 1. The molecule has 2 aromatic rings. The number of nitrogens with one attached hydrogen (secondary N) is 1. The third-order valence-electron chi connectivity index (χ3n) is 4.73. The SMILES string of the molecule is CCN(CC)C(CN=C(N)NCCc1ccc(OC)c(OC)c1)c1ccco1.I. The molecule has 0 fully saturated rings. The van der Waals surface area contributed by atoms with Gasteiger partial charge in [-0.3, -0.25) is 9.89 Å². The highest BCUT2D eigenvalue weighted by Crippen LogP contribution is 2.27. The maximum Gasteiger partial charge on any atom is 0.188 e. The number of methoxy groups -OCH3 is 2. The molecule has 0 saturated carbocycles. The fourth-order valence-electron chi connectivity index (χ4n) is 3.14. The number of nitrogens with zero attached hydrogens (tertiary/aromatic N) is 2. The van der Waals surface area contributed by atoms with E-state index in [1.54, 1.807) is 20.5 Å². The number of aliphatic imine (C=N–C) groups is 1. The number of rotatable bonds is 11. The Morgan fingerprint density at radius 2 is 1.90 bits per heavy atom. The minimum atomic E-state index is 0. The molecule has 7 nitrogen and oxygen atoms in total. The molecule has 0 aliphatic carbocycles. The summed E-state index contributed by atoms with van der Waals surface area (Å²) in [5.41, 5.74) is 7.20. The van der Waals surface area contributed by atoms with Crippen LogP contribution in [0.3, 0.4) is 0 Å². The zero-order valence-corrected chi connectivity index (χ0v) is 20.0. The van der Waals surface area contributed by atoms with Crippen LogP contribution < -0.4 is 20.5 Å². The molecule has 0 amide bonds. The molecule has 0 spiro atoms.